The summed E-state index contributed by atoms with van der Waals surface area (Å²) in [5.74, 6) is 0.768. The zero-order valence-electron chi connectivity index (χ0n) is 9.92. The van der Waals surface area contributed by atoms with Gasteiger partial charge in [0.25, 0.3) is 0 Å². The summed E-state index contributed by atoms with van der Waals surface area (Å²) in [6, 6.07) is 10.7. The van der Waals surface area contributed by atoms with Crippen LogP contribution in [0, 0.1) is 17.4 Å². The van der Waals surface area contributed by atoms with E-state index in [1.165, 1.54) is 24.8 Å². The van der Waals surface area contributed by atoms with Crippen LogP contribution in [0.15, 0.2) is 35.3 Å². The molecule has 0 unspecified atom stereocenters. The topological polar surface area (TPSA) is 39.4 Å². The molecule has 1 fully saturated rings. The van der Waals surface area contributed by atoms with Crippen molar-refractivity contribution >= 4 is 6.34 Å². The summed E-state index contributed by atoms with van der Waals surface area (Å²) < 4.78 is 0. The molecule has 17 heavy (non-hydrogen) atoms. The molecule has 1 aromatic rings. The van der Waals surface area contributed by atoms with Gasteiger partial charge in [-0.05, 0) is 30.7 Å². The highest BCUT2D eigenvalue weighted by Crippen LogP contribution is 2.20. The number of rotatable bonds is 3. The summed E-state index contributed by atoms with van der Waals surface area (Å²) >= 11 is 0. The Morgan fingerprint density at radius 1 is 1.29 bits per heavy atom. The molecule has 1 aromatic carbocycles. The molecule has 0 spiro atoms. The number of likely N-dealkylation sites (tertiary alicyclic amines) is 1. The molecule has 1 aliphatic rings. The molecule has 1 aliphatic heterocycles. The molecular formula is C14H17N3. The first-order valence-corrected chi connectivity index (χ1v) is 6.09. The molecule has 0 saturated carbocycles. The zero-order chi connectivity index (χ0) is 11.9. The van der Waals surface area contributed by atoms with Crippen LogP contribution in [0.4, 0.5) is 0 Å². The van der Waals surface area contributed by atoms with E-state index in [1.807, 2.05) is 0 Å². The van der Waals surface area contributed by atoms with Crippen molar-refractivity contribution in [1.29, 1.82) is 5.26 Å². The molecule has 88 valence electrons. The van der Waals surface area contributed by atoms with Gasteiger partial charge in [-0.15, -0.1) is 0 Å². The smallest absolute Gasteiger partial charge is 0.207 e. The number of aliphatic imine (C=N–C) groups is 1. The van der Waals surface area contributed by atoms with Crippen LogP contribution < -0.4 is 0 Å². The Balaban J connectivity index is 1.80. The Labute approximate surface area is 102 Å². The maximum Gasteiger partial charge on any atom is 0.207 e. The lowest BCUT2D eigenvalue weighted by Gasteiger charge is -2.30. The average molecular weight is 227 g/mol. The number of nitrogens with zero attached hydrogens (tertiary/aromatic N) is 3. The lowest BCUT2D eigenvalue weighted by atomic mass is 9.90. The van der Waals surface area contributed by atoms with Crippen LogP contribution in [-0.2, 0) is 6.42 Å². The highest BCUT2D eigenvalue weighted by atomic mass is 15.1. The second-order valence-electron chi connectivity index (χ2n) is 4.51. The van der Waals surface area contributed by atoms with E-state index in [2.05, 4.69) is 40.2 Å². The van der Waals surface area contributed by atoms with Gasteiger partial charge in [0.15, 0.2) is 0 Å². The monoisotopic (exact) mass is 227 g/mol. The summed E-state index contributed by atoms with van der Waals surface area (Å²) in [7, 11) is 0. The molecule has 0 amide bonds. The first-order chi connectivity index (χ1) is 8.38. The molecule has 3 nitrogen and oxygen atoms in total. The maximum atomic E-state index is 8.37. The van der Waals surface area contributed by atoms with Crippen molar-refractivity contribution in [2.45, 2.75) is 19.3 Å². The van der Waals surface area contributed by atoms with Gasteiger partial charge < -0.3 is 4.90 Å². The van der Waals surface area contributed by atoms with E-state index in [0.717, 1.165) is 19.0 Å². The average Bonchev–Trinajstić information content (AvgIpc) is 2.39. The van der Waals surface area contributed by atoms with Crippen LogP contribution >= 0.6 is 0 Å². The standard InChI is InChI=1S/C14H17N3/c15-11-16-12-17-8-6-14(7-9-17)10-13-4-2-1-3-5-13/h1-5,12,14H,6-10H2. The first-order valence-electron chi connectivity index (χ1n) is 6.09. The fourth-order valence-corrected chi connectivity index (χ4v) is 2.33. The van der Waals surface area contributed by atoms with E-state index in [0.29, 0.717) is 0 Å². The molecule has 0 aliphatic carbocycles. The van der Waals surface area contributed by atoms with Gasteiger partial charge in [-0.2, -0.15) is 10.3 Å². The van der Waals surface area contributed by atoms with Gasteiger partial charge in [0.2, 0.25) is 6.19 Å². The van der Waals surface area contributed by atoms with Crippen molar-refractivity contribution in [1.82, 2.24) is 4.90 Å². The van der Waals surface area contributed by atoms with Gasteiger partial charge in [-0.3, -0.25) is 0 Å². The van der Waals surface area contributed by atoms with E-state index in [4.69, 9.17) is 5.26 Å². The minimum absolute atomic E-state index is 0.768. The Kier molecular flexibility index (Phi) is 4.15. The van der Waals surface area contributed by atoms with E-state index >= 15 is 0 Å². The van der Waals surface area contributed by atoms with E-state index in [1.54, 1.807) is 12.5 Å². The summed E-state index contributed by atoms with van der Waals surface area (Å²) in [5.41, 5.74) is 1.43. The molecule has 0 bridgehead atoms. The van der Waals surface area contributed by atoms with Crippen LogP contribution in [0.2, 0.25) is 0 Å². The summed E-state index contributed by atoms with van der Waals surface area (Å²) in [4.78, 5) is 5.74. The van der Waals surface area contributed by atoms with Crippen LogP contribution in [0.3, 0.4) is 0 Å². The highest BCUT2D eigenvalue weighted by Gasteiger charge is 2.17. The molecule has 0 aromatic heterocycles. The van der Waals surface area contributed by atoms with Gasteiger partial charge in [0.05, 0.1) is 0 Å². The van der Waals surface area contributed by atoms with Gasteiger partial charge in [-0.1, -0.05) is 30.3 Å². The predicted molar refractivity (Wildman–Crippen MR) is 68.5 cm³/mol. The minimum atomic E-state index is 0.768. The van der Waals surface area contributed by atoms with Gasteiger partial charge in [-0.25, -0.2) is 0 Å². The number of hydrogen-bond acceptors (Lipinski definition) is 2. The third-order valence-corrected chi connectivity index (χ3v) is 3.30. The third-order valence-electron chi connectivity index (χ3n) is 3.30. The van der Waals surface area contributed by atoms with Crippen LogP contribution in [-0.4, -0.2) is 24.3 Å². The van der Waals surface area contributed by atoms with E-state index in [-0.39, 0.29) is 0 Å². The number of hydrogen-bond donors (Lipinski definition) is 0. The lowest BCUT2D eigenvalue weighted by Crippen LogP contribution is -2.33. The predicted octanol–water partition coefficient (Wildman–Crippen LogP) is 2.45. The Morgan fingerprint density at radius 2 is 2.00 bits per heavy atom. The fraction of sp³-hybridized carbons (Fsp3) is 0.429. The third kappa shape index (κ3) is 3.60. The quantitative estimate of drug-likeness (QED) is 0.452. The number of piperidine rings is 1. The van der Waals surface area contributed by atoms with Crippen LogP contribution in [0.5, 0.6) is 0 Å². The normalized spacial score (nSPS) is 17.2. The molecule has 0 atom stereocenters. The summed E-state index contributed by atoms with van der Waals surface area (Å²) in [5, 5.41) is 8.37. The molecule has 3 heteroatoms. The van der Waals surface area contributed by atoms with Crippen molar-refractivity contribution in [3.05, 3.63) is 35.9 Å². The SMILES string of the molecule is N#CN=CN1CCC(Cc2ccccc2)CC1. The second kappa shape index (κ2) is 6.05. The van der Waals surface area contributed by atoms with Gasteiger partial charge >= 0.3 is 0 Å². The molecule has 1 saturated heterocycles. The Bertz CT molecular complexity index is 397. The maximum absolute atomic E-state index is 8.37. The highest BCUT2D eigenvalue weighted by molar-refractivity contribution is 5.56. The van der Waals surface area contributed by atoms with Crippen molar-refractivity contribution in [2.24, 2.45) is 10.9 Å². The number of nitriles is 1. The van der Waals surface area contributed by atoms with Crippen molar-refractivity contribution in [2.75, 3.05) is 13.1 Å². The first kappa shape index (κ1) is 11.7. The zero-order valence-corrected chi connectivity index (χ0v) is 9.92. The van der Waals surface area contributed by atoms with Gasteiger partial charge in [0, 0.05) is 13.1 Å². The van der Waals surface area contributed by atoms with Crippen molar-refractivity contribution in [3.8, 4) is 6.19 Å². The minimum Gasteiger partial charge on any atom is -0.362 e. The number of benzene rings is 1. The largest absolute Gasteiger partial charge is 0.362 e. The fourth-order valence-electron chi connectivity index (χ4n) is 2.33. The second-order valence-corrected chi connectivity index (χ2v) is 4.51. The Morgan fingerprint density at radius 3 is 2.65 bits per heavy atom. The molecule has 1 heterocycles. The van der Waals surface area contributed by atoms with E-state index < -0.39 is 0 Å². The van der Waals surface area contributed by atoms with Gasteiger partial charge in [0.1, 0.15) is 6.34 Å². The van der Waals surface area contributed by atoms with Crippen molar-refractivity contribution in [3.63, 3.8) is 0 Å². The van der Waals surface area contributed by atoms with Crippen molar-refractivity contribution < 1.29 is 0 Å². The van der Waals surface area contributed by atoms with Crippen LogP contribution in [0.25, 0.3) is 0 Å². The molecule has 2 rings (SSSR count). The molecule has 0 radical (unpaired) electrons. The molecule has 0 N–H and O–H groups in total. The van der Waals surface area contributed by atoms with E-state index in [9.17, 15) is 0 Å². The summed E-state index contributed by atoms with van der Waals surface area (Å²) in [6.45, 7) is 2.03. The molecular weight excluding hydrogens is 210 g/mol. The lowest BCUT2D eigenvalue weighted by molar-refractivity contribution is 0.271. The summed E-state index contributed by atoms with van der Waals surface area (Å²) in [6.07, 6.45) is 7.00. The Hall–Kier alpha value is -1.82. The van der Waals surface area contributed by atoms with Crippen LogP contribution in [0.1, 0.15) is 18.4 Å².